The second-order valence-electron chi connectivity index (χ2n) is 4.90. The van der Waals surface area contributed by atoms with Gasteiger partial charge in [0.1, 0.15) is 12.4 Å². The molecule has 1 aliphatic heterocycles. The number of morpholine rings is 1. The minimum Gasteiger partial charge on any atom is -0.476 e. The summed E-state index contributed by atoms with van der Waals surface area (Å²) in [4.78, 5) is 11.1. The van der Waals surface area contributed by atoms with Crippen molar-refractivity contribution in [1.82, 2.24) is 14.9 Å². The fourth-order valence-electron chi connectivity index (χ4n) is 2.36. The standard InChI is InChI=1S/C15H18ClN3O2/c16-11-14-17-13-4-2-1-3-12(13)15(18-14)21-10-7-19-5-8-20-9-6-19/h1-4H,5-11H2. The van der Waals surface area contributed by atoms with Crippen molar-refractivity contribution in [2.24, 2.45) is 0 Å². The first-order valence-corrected chi connectivity index (χ1v) is 7.65. The topological polar surface area (TPSA) is 47.5 Å². The van der Waals surface area contributed by atoms with Crippen LogP contribution in [0, 0.1) is 0 Å². The lowest BCUT2D eigenvalue weighted by Gasteiger charge is -2.26. The van der Waals surface area contributed by atoms with E-state index in [4.69, 9.17) is 21.1 Å². The zero-order chi connectivity index (χ0) is 14.5. The summed E-state index contributed by atoms with van der Waals surface area (Å²) in [6, 6.07) is 7.82. The van der Waals surface area contributed by atoms with Gasteiger partial charge in [0.05, 0.1) is 30.0 Å². The van der Waals surface area contributed by atoms with Crippen molar-refractivity contribution in [2.75, 3.05) is 39.5 Å². The van der Waals surface area contributed by atoms with E-state index in [2.05, 4.69) is 14.9 Å². The van der Waals surface area contributed by atoms with E-state index in [1.54, 1.807) is 0 Å². The van der Waals surface area contributed by atoms with Gasteiger partial charge in [-0.2, -0.15) is 4.98 Å². The SMILES string of the molecule is ClCc1nc(OCCN2CCOCC2)c2ccccc2n1. The second kappa shape index (κ2) is 7.02. The van der Waals surface area contributed by atoms with E-state index in [0.717, 1.165) is 43.8 Å². The first-order valence-electron chi connectivity index (χ1n) is 7.11. The highest BCUT2D eigenvalue weighted by Crippen LogP contribution is 2.22. The second-order valence-corrected chi connectivity index (χ2v) is 5.17. The Labute approximate surface area is 128 Å². The van der Waals surface area contributed by atoms with E-state index in [1.807, 2.05) is 24.3 Å². The third-order valence-electron chi connectivity index (χ3n) is 3.48. The molecule has 2 heterocycles. The lowest BCUT2D eigenvalue weighted by molar-refractivity contribution is 0.0321. The molecule has 2 aromatic rings. The van der Waals surface area contributed by atoms with Crippen LogP contribution in [-0.4, -0.2) is 54.3 Å². The minimum absolute atomic E-state index is 0.282. The predicted molar refractivity (Wildman–Crippen MR) is 81.8 cm³/mol. The Bertz CT molecular complexity index is 602. The first kappa shape index (κ1) is 14.5. The highest BCUT2D eigenvalue weighted by Gasteiger charge is 2.12. The molecule has 0 N–H and O–H groups in total. The van der Waals surface area contributed by atoms with Crippen LogP contribution < -0.4 is 4.74 Å². The Hall–Kier alpha value is -1.43. The predicted octanol–water partition coefficient (Wildman–Crippen LogP) is 2.08. The third kappa shape index (κ3) is 3.61. The van der Waals surface area contributed by atoms with Crippen LogP contribution in [0.15, 0.2) is 24.3 Å². The zero-order valence-corrected chi connectivity index (χ0v) is 12.6. The van der Waals surface area contributed by atoms with Crippen LogP contribution in [-0.2, 0) is 10.6 Å². The number of rotatable bonds is 5. The largest absolute Gasteiger partial charge is 0.476 e. The monoisotopic (exact) mass is 307 g/mol. The Kier molecular flexibility index (Phi) is 4.85. The summed E-state index contributed by atoms with van der Waals surface area (Å²) in [5.41, 5.74) is 0.865. The van der Waals surface area contributed by atoms with Crippen LogP contribution in [0.2, 0.25) is 0 Å². The van der Waals surface area contributed by atoms with Crippen molar-refractivity contribution in [3.05, 3.63) is 30.1 Å². The molecule has 0 bridgehead atoms. The van der Waals surface area contributed by atoms with Gasteiger partial charge in [-0.15, -0.1) is 11.6 Å². The number of halogens is 1. The maximum Gasteiger partial charge on any atom is 0.224 e. The van der Waals surface area contributed by atoms with E-state index in [0.29, 0.717) is 18.3 Å². The quantitative estimate of drug-likeness (QED) is 0.792. The molecule has 0 amide bonds. The van der Waals surface area contributed by atoms with E-state index in [-0.39, 0.29) is 5.88 Å². The molecule has 0 unspecified atom stereocenters. The molecular formula is C15H18ClN3O2. The Balaban J connectivity index is 1.70. The Morgan fingerprint density at radius 3 is 2.81 bits per heavy atom. The van der Waals surface area contributed by atoms with Gasteiger partial charge in [-0.1, -0.05) is 12.1 Å². The average Bonchev–Trinajstić information content (AvgIpc) is 2.55. The smallest absolute Gasteiger partial charge is 0.224 e. The van der Waals surface area contributed by atoms with Crippen molar-refractivity contribution in [3.8, 4) is 5.88 Å². The third-order valence-corrected chi connectivity index (χ3v) is 3.72. The van der Waals surface area contributed by atoms with Gasteiger partial charge in [-0.3, -0.25) is 4.90 Å². The summed E-state index contributed by atoms with van der Waals surface area (Å²) >= 11 is 5.85. The van der Waals surface area contributed by atoms with Crippen LogP contribution in [0.4, 0.5) is 0 Å². The maximum absolute atomic E-state index is 5.87. The molecule has 112 valence electrons. The number of fused-ring (bicyclic) bond motifs is 1. The molecule has 1 saturated heterocycles. The molecule has 0 spiro atoms. The molecule has 21 heavy (non-hydrogen) atoms. The normalized spacial score (nSPS) is 16.2. The summed E-state index contributed by atoms with van der Waals surface area (Å²) in [6.07, 6.45) is 0. The average molecular weight is 308 g/mol. The number of hydrogen-bond acceptors (Lipinski definition) is 5. The molecule has 3 rings (SSSR count). The van der Waals surface area contributed by atoms with Crippen molar-refractivity contribution < 1.29 is 9.47 Å². The summed E-state index contributed by atoms with van der Waals surface area (Å²) in [5.74, 6) is 1.49. The molecule has 0 radical (unpaired) electrons. The molecule has 1 aliphatic rings. The van der Waals surface area contributed by atoms with Gasteiger partial charge < -0.3 is 9.47 Å². The lowest BCUT2D eigenvalue weighted by atomic mass is 10.2. The molecule has 1 aromatic carbocycles. The van der Waals surface area contributed by atoms with Gasteiger partial charge in [0, 0.05) is 19.6 Å². The van der Waals surface area contributed by atoms with Gasteiger partial charge in [0.2, 0.25) is 5.88 Å². The number of benzene rings is 1. The molecule has 1 fully saturated rings. The van der Waals surface area contributed by atoms with Crippen LogP contribution in [0.25, 0.3) is 10.9 Å². The summed E-state index contributed by atoms with van der Waals surface area (Å²) in [6.45, 7) is 4.99. The highest BCUT2D eigenvalue weighted by molar-refractivity contribution is 6.16. The fraction of sp³-hybridized carbons (Fsp3) is 0.467. The van der Waals surface area contributed by atoms with E-state index < -0.39 is 0 Å². The molecule has 0 atom stereocenters. The molecule has 5 nitrogen and oxygen atoms in total. The zero-order valence-electron chi connectivity index (χ0n) is 11.8. The minimum atomic E-state index is 0.282. The van der Waals surface area contributed by atoms with Crippen LogP contribution >= 0.6 is 11.6 Å². The number of alkyl halides is 1. The molecular weight excluding hydrogens is 290 g/mol. The Morgan fingerprint density at radius 2 is 2.00 bits per heavy atom. The number of hydrogen-bond donors (Lipinski definition) is 0. The van der Waals surface area contributed by atoms with Crippen LogP contribution in [0.3, 0.4) is 0 Å². The summed E-state index contributed by atoms with van der Waals surface area (Å²) < 4.78 is 11.2. The van der Waals surface area contributed by atoms with Crippen molar-refractivity contribution in [1.29, 1.82) is 0 Å². The van der Waals surface area contributed by atoms with Crippen LogP contribution in [0.1, 0.15) is 5.82 Å². The van der Waals surface area contributed by atoms with Gasteiger partial charge >= 0.3 is 0 Å². The van der Waals surface area contributed by atoms with Crippen molar-refractivity contribution in [2.45, 2.75) is 5.88 Å². The molecule has 0 saturated carbocycles. The lowest BCUT2D eigenvalue weighted by Crippen LogP contribution is -2.38. The number of para-hydroxylation sites is 1. The highest BCUT2D eigenvalue weighted by atomic mass is 35.5. The fourth-order valence-corrected chi connectivity index (χ4v) is 2.48. The molecule has 0 aliphatic carbocycles. The number of nitrogens with zero attached hydrogens (tertiary/aromatic N) is 3. The number of aromatic nitrogens is 2. The molecule has 6 heteroatoms. The number of ether oxygens (including phenoxy) is 2. The van der Waals surface area contributed by atoms with E-state index in [9.17, 15) is 0 Å². The molecule has 1 aromatic heterocycles. The van der Waals surface area contributed by atoms with Crippen LogP contribution in [0.5, 0.6) is 5.88 Å². The van der Waals surface area contributed by atoms with Crippen molar-refractivity contribution >= 4 is 22.5 Å². The maximum atomic E-state index is 5.87. The summed E-state index contributed by atoms with van der Waals surface area (Å²) in [7, 11) is 0. The van der Waals surface area contributed by atoms with E-state index >= 15 is 0 Å². The summed E-state index contributed by atoms with van der Waals surface area (Å²) in [5, 5.41) is 0.924. The van der Waals surface area contributed by atoms with Gasteiger partial charge in [0.25, 0.3) is 0 Å². The Morgan fingerprint density at radius 1 is 1.19 bits per heavy atom. The van der Waals surface area contributed by atoms with Gasteiger partial charge in [0.15, 0.2) is 0 Å². The first-order chi connectivity index (χ1) is 10.4. The van der Waals surface area contributed by atoms with Crippen molar-refractivity contribution in [3.63, 3.8) is 0 Å². The van der Waals surface area contributed by atoms with Gasteiger partial charge in [-0.25, -0.2) is 4.98 Å². The van der Waals surface area contributed by atoms with Gasteiger partial charge in [-0.05, 0) is 12.1 Å². The van der Waals surface area contributed by atoms with E-state index in [1.165, 1.54) is 0 Å².